The highest BCUT2D eigenvalue weighted by molar-refractivity contribution is 7.15. The molecule has 26 heavy (non-hydrogen) atoms. The molecule has 4 rings (SSSR count). The van der Waals surface area contributed by atoms with Crippen molar-refractivity contribution in [1.29, 1.82) is 0 Å². The van der Waals surface area contributed by atoms with Gasteiger partial charge in [0.2, 0.25) is 0 Å². The lowest BCUT2D eigenvalue weighted by molar-refractivity contribution is -0.0275. The van der Waals surface area contributed by atoms with E-state index in [1.165, 1.54) is 11.3 Å². The molecule has 0 aliphatic carbocycles. The van der Waals surface area contributed by atoms with Crippen molar-refractivity contribution in [1.82, 2.24) is 0 Å². The zero-order valence-electron chi connectivity index (χ0n) is 14.0. The second-order valence-corrected chi connectivity index (χ2v) is 7.82. The molecule has 0 spiro atoms. The number of thiophene rings is 1. The molecule has 2 aromatic heterocycles. The number of rotatable bonds is 5. The van der Waals surface area contributed by atoms with Gasteiger partial charge in [-0.15, -0.1) is 11.3 Å². The van der Waals surface area contributed by atoms with E-state index in [2.05, 4.69) is 0 Å². The number of aliphatic hydroxyl groups excluding tert-OH is 4. The lowest BCUT2D eigenvalue weighted by Crippen LogP contribution is -2.24. The van der Waals surface area contributed by atoms with E-state index in [0.29, 0.717) is 24.4 Å². The standard InChI is InChI=1S/C18H22O7S/c19-7-15-9(21)5-13(24-15)11-1-2-12(23-11)17-3-4-18(26-17)14-6-10(22)16(8-20)25-14/h1-4,9-10,13-16,19-22H,5-8H2/t9-,10-,13+,14+,15+,16+/m0/s1. The number of hydrogen-bond acceptors (Lipinski definition) is 8. The van der Waals surface area contributed by atoms with Crippen LogP contribution in [-0.2, 0) is 9.47 Å². The van der Waals surface area contributed by atoms with Crippen molar-refractivity contribution in [2.45, 2.75) is 49.5 Å². The van der Waals surface area contributed by atoms with Crippen molar-refractivity contribution < 1.29 is 34.3 Å². The number of aliphatic hydroxyl groups is 4. The van der Waals surface area contributed by atoms with Crippen LogP contribution in [0.4, 0.5) is 0 Å². The lowest BCUT2D eigenvalue weighted by Gasteiger charge is -2.10. The molecule has 2 aromatic rings. The SMILES string of the molecule is OC[C@H]1O[C@@H](c2ccc(-c3ccc([C@H]4C[C@H](O)[C@@H](CO)O4)s3)o2)C[C@@H]1O. The Kier molecular flexibility index (Phi) is 5.15. The van der Waals surface area contributed by atoms with E-state index in [1.54, 1.807) is 0 Å². The van der Waals surface area contributed by atoms with Gasteiger partial charge in [0.25, 0.3) is 0 Å². The molecule has 0 unspecified atom stereocenters. The van der Waals surface area contributed by atoms with Gasteiger partial charge in [-0.2, -0.15) is 0 Å². The monoisotopic (exact) mass is 382 g/mol. The first-order chi connectivity index (χ1) is 12.6. The molecular weight excluding hydrogens is 360 g/mol. The third-order valence-corrected chi connectivity index (χ3v) is 6.13. The summed E-state index contributed by atoms with van der Waals surface area (Å²) in [7, 11) is 0. The summed E-state index contributed by atoms with van der Waals surface area (Å²) in [4.78, 5) is 1.90. The van der Waals surface area contributed by atoms with Crippen molar-refractivity contribution in [3.63, 3.8) is 0 Å². The van der Waals surface area contributed by atoms with E-state index in [9.17, 15) is 20.4 Å². The third kappa shape index (κ3) is 3.34. The molecule has 8 heteroatoms. The Balaban J connectivity index is 1.47. The maximum absolute atomic E-state index is 9.88. The summed E-state index contributed by atoms with van der Waals surface area (Å²) in [5.41, 5.74) is 0. The smallest absolute Gasteiger partial charge is 0.144 e. The molecule has 142 valence electrons. The number of furan rings is 1. The largest absolute Gasteiger partial charge is 0.457 e. The highest BCUT2D eigenvalue weighted by Crippen LogP contribution is 2.41. The van der Waals surface area contributed by atoms with E-state index < -0.39 is 24.4 Å². The summed E-state index contributed by atoms with van der Waals surface area (Å²) in [6.45, 7) is -0.416. The topological polar surface area (TPSA) is 113 Å². The zero-order chi connectivity index (χ0) is 18.3. The van der Waals surface area contributed by atoms with Crippen molar-refractivity contribution in [2.75, 3.05) is 13.2 Å². The van der Waals surface area contributed by atoms with Crippen LogP contribution in [0.5, 0.6) is 0 Å². The molecule has 2 fully saturated rings. The van der Waals surface area contributed by atoms with E-state index in [0.717, 1.165) is 9.75 Å². The van der Waals surface area contributed by atoms with Crippen LogP contribution >= 0.6 is 11.3 Å². The Morgan fingerprint density at radius 2 is 1.54 bits per heavy atom. The average molecular weight is 382 g/mol. The molecule has 2 aliphatic heterocycles. The van der Waals surface area contributed by atoms with Gasteiger partial charge in [-0.25, -0.2) is 0 Å². The molecule has 4 heterocycles. The molecule has 0 aromatic carbocycles. The minimum atomic E-state index is -0.697. The second kappa shape index (κ2) is 7.40. The van der Waals surface area contributed by atoms with E-state index in [4.69, 9.17) is 13.9 Å². The van der Waals surface area contributed by atoms with Gasteiger partial charge in [0, 0.05) is 17.7 Å². The molecule has 0 radical (unpaired) electrons. The Hall–Kier alpha value is -1.26. The maximum Gasteiger partial charge on any atom is 0.144 e. The maximum atomic E-state index is 9.88. The predicted molar refractivity (Wildman–Crippen MR) is 92.7 cm³/mol. The van der Waals surface area contributed by atoms with Crippen LogP contribution in [0.2, 0.25) is 0 Å². The molecular formula is C18H22O7S. The van der Waals surface area contributed by atoms with Gasteiger partial charge in [-0.3, -0.25) is 0 Å². The minimum Gasteiger partial charge on any atom is -0.457 e. The molecule has 6 atom stereocenters. The van der Waals surface area contributed by atoms with Gasteiger partial charge in [-0.1, -0.05) is 0 Å². The zero-order valence-corrected chi connectivity index (χ0v) is 14.8. The Morgan fingerprint density at radius 1 is 0.885 bits per heavy atom. The quantitative estimate of drug-likeness (QED) is 0.618. The molecule has 0 amide bonds. The summed E-state index contributed by atoms with van der Waals surface area (Å²) in [6, 6.07) is 7.56. The van der Waals surface area contributed by atoms with E-state index in [-0.39, 0.29) is 25.4 Å². The first-order valence-electron chi connectivity index (χ1n) is 8.67. The van der Waals surface area contributed by atoms with Crippen LogP contribution in [0.3, 0.4) is 0 Å². The van der Waals surface area contributed by atoms with Crippen molar-refractivity contribution in [3.8, 4) is 10.6 Å². The summed E-state index contributed by atoms with van der Waals surface area (Å²) < 4.78 is 17.2. The van der Waals surface area contributed by atoms with Gasteiger partial charge in [0.15, 0.2) is 0 Å². The fourth-order valence-electron chi connectivity index (χ4n) is 3.47. The van der Waals surface area contributed by atoms with E-state index >= 15 is 0 Å². The van der Waals surface area contributed by atoms with Crippen LogP contribution in [0.25, 0.3) is 10.6 Å². The molecule has 0 saturated carbocycles. The normalized spacial score (nSPS) is 34.6. The van der Waals surface area contributed by atoms with Crippen molar-refractivity contribution in [2.24, 2.45) is 0 Å². The van der Waals surface area contributed by atoms with Crippen LogP contribution in [0.1, 0.15) is 35.7 Å². The molecule has 0 bridgehead atoms. The molecule has 2 saturated heterocycles. The first kappa shape index (κ1) is 18.1. The summed E-state index contributed by atoms with van der Waals surface area (Å²) >= 11 is 1.52. The first-order valence-corrected chi connectivity index (χ1v) is 9.49. The number of ether oxygens (including phenoxy) is 2. The number of hydrogen-bond donors (Lipinski definition) is 4. The van der Waals surface area contributed by atoms with Crippen molar-refractivity contribution >= 4 is 11.3 Å². The second-order valence-electron chi connectivity index (χ2n) is 6.70. The summed E-state index contributed by atoms with van der Waals surface area (Å²) in [5, 5.41) is 38.1. The molecule has 7 nitrogen and oxygen atoms in total. The van der Waals surface area contributed by atoms with E-state index in [1.807, 2.05) is 24.3 Å². The highest BCUT2D eigenvalue weighted by Gasteiger charge is 2.37. The molecule has 4 N–H and O–H groups in total. The average Bonchev–Trinajstić information content (AvgIpc) is 3.39. The Bertz CT molecular complexity index is 679. The van der Waals surface area contributed by atoms with Crippen LogP contribution in [0, 0.1) is 0 Å². The van der Waals surface area contributed by atoms with Gasteiger partial charge in [0.1, 0.15) is 29.8 Å². The Morgan fingerprint density at radius 3 is 2.19 bits per heavy atom. The van der Waals surface area contributed by atoms with Gasteiger partial charge >= 0.3 is 0 Å². The Labute approximate surface area is 154 Å². The van der Waals surface area contributed by atoms with Gasteiger partial charge < -0.3 is 34.3 Å². The lowest BCUT2D eigenvalue weighted by atomic mass is 10.1. The fraction of sp³-hybridized carbons (Fsp3) is 0.556. The summed E-state index contributed by atoms with van der Waals surface area (Å²) in [5.74, 6) is 1.32. The highest BCUT2D eigenvalue weighted by atomic mass is 32.1. The van der Waals surface area contributed by atoms with Gasteiger partial charge in [0.05, 0.1) is 36.4 Å². The van der Waals surface area contributed by atoms with Crippen molar-refractivity contribution in [3.05, 3.63) is 34.9 Å². The minimum absolute atomic E-state index is 0.195. The summed E-state index contributed by atoms with van der Waals surface area (Å²) in [6.07, 6.45) is -2.20. The predicted octanol–water partition coefficient (Wildman–Crippen LogP) is 1.37. The third-order valence-electron chi connectivity index (χ3n) is 4.94. The fourth-order valence-corrected chi connectivity index (χ4v) is 4.49. The van der Waals surface area contributed by atoms with Crippen LogP contribution < -0.4 is 0 Å². The van der Waals surface area contributed by atoms with Gasteiger partial charge in [-0.05, 0) is 24.3 Å². The van der Waals surface area contributed by atoms with Crippen LogP contribution in [0.15, 0.2) is 28.7 Å². The molecule has 2 aliphatic rings. The van der Waals surface area contributed by atoms with Crippen LogP contribution in [-0.4, -0.2) is 58.1 Å².